The van der Waals surface area contributed by atoms with Crippen LogP contribution in [0.15, 0.2) is 30.5 Å². The second kappa shape index (κ2) is 9.98. The molecule has 0 aliphatic carbocycles. The van der Waals surface area contributed by atoms with E-state index in [4.69, 9.17) is 16.1 Å². The van der Waals surface area contributed by atoms with Gasteiger partial charge in [0.2, 0.25) is 0 Å². The summed E-state index contributed by atoms with van der Waals surface area (Å²) in [6.07, 6.45) is 9.86. The molecule has 180 valence electrons. The summed E-state index contributed by atoms with van der Waals surface area (Å²) in [5.74, 6) is 3.79. The van der Waals surface area contributed by atoms with Crippen molar-refractivity contribution in [2.75, 3.05) is 32.8 Å². The van der Waals surface area contributed by atoms with Gasteiger partial charge >= 0.3 is 0 Å². The van der Waals surface area contributed by atoms with Crippen LogP contribution in [0.5, 0.6) is 0 Å². The highest BCUT2D eigenvalue weighted by molar-refractivity contribution is 6.04. The number of rotatable bonds is 5. The number of aldehydes is 1. The van der Waals surface area contributed by atoms with Gasteiger partial charge in [-0.2, -0.15) is 0 Å². The predicted octanol–water partition coefficient (Wildman–Crippen LogP) is 2.99. The minimum Gasteiger partial charge on any atom is -0.381 e. The highest BCUT2D eigenvalue weighted by Gasteiger charge is 2.30. The molecule has 0 bridgehead atoms. The number of aromatic nitrogens is 3. The number of carbonyl (C=O) groups is 2. The number of hydrogen-bond acceptors (Lipinski definition) is 6. The van der Waals surface area contributed by atoms with Crippen LogP contribution in [0.25, 0.3) is 11.2 Å². The van der Waals surface area contributed by atoms with Crippen molar-refractivity contribution < 1.29 is 14.3 Å². The lowest BCUT2D eigenvalue weighted by molar-refractivity contribution is 0.0477. The standard InChI is InChI=1S/C27H29N5O3/c1-3-19-12-20(14-21(13-19)17-33)16-31-8-9-32(18(2)15-31)27(34)23-4-7-28-26-24(23)29-25(30-26)22-5-10-35-11-6-22/h1,4,7,12-14,17-18,22H,5-6,8-11,15-16H2,2H3,(H,28,29,30)/t18-/m0/s1. The number of amides is 1. The number of aromatic amines is 1. The smallest absolute Gasteiger partial charge is 0.256 e. The molecule has 1 amide bonds. The third kappa shape index (κ3) is 4.83. The quantitative estimate of drug-likeness (QED) is 0.454. The van der Waals surface area contributed by atoms with E-state index in [0.717, 1.165) is 56.8 Å². The molecule has 1 N–H and O–H groups in total. The summed E-state index contributed by atoms with van der Waals surface area (Å²) in [5, 5.41) is 0. The molecule has 5 rings (SSSR count). The van der Waals surface area contributed by atoms with Gasteiger partial charge in [0.1, 0.15) is 12.1 Å². The monoisotopic (exact) mass is 471 g/mol. The van der Waals surface area contributed by atoms with Crippen LogP contribution in [-0.2, 0) is 11.3 Å². The fraction of sp³-hybridized carbons (Fsp3) is 0.407. The molecular weight excluding hydrogens is 442 g/mol. The topological polar surface area (TPSA) is 91.4 Å². The lowest BCUT2D eigenvalue weighted by Gasteiger charge is -2.40. The molecule has 8 heteroatoms. The van der Waals surface area contributed by atoms with Gasteiger partial charge < -0.3 is 14.6 Å². The Kier molecular flexibility index (Phi) is 6.62. The van der Waals surface area contributed by atoms with Gasteiger partial charge in [-0.15, -0.1) is 6.42 Å². The Morgan fingerprint density at radius 1 is 1.29 bits per heavy atom. The lowest BCUT2D eigenvalue weighted by Crippen LogP contribution is -2.53. The number of ether oxygens (including phenoxy) is 1. The molecule has 0 spiro atoms. The van der Waals surface area contributed by atoms with Gasteiger partial charge in [-0.05, 0) is 49.6 Å². The fourth-order valence-corrected chi connectivity index (χ4v) is 5.12. The van der Waals surface area contributed by atoms with Crippen molar-refractivity contribution in [1.29, 1.82) is 0 Å². The Hall–Kier alpha value is -3.54. The number of fused-ring (bicyclic) bond motifs is 1. The lowest BCUT2D eigenvalue weighted by atomic mass is 10.00. The van der Waals surface area contributed by atoms with Crippen molar-refractivity contribution in [1.82, 2.24) is 24.8 Å². The molecule has 1 atom stereocenters. The first kappa shape index (κ1) is 23.2. The first-order valence-corrected chi connectivity index (χ1v) is 12.1. The molecule has 0 unspecified atom stereocenters. The molecule has 2 aromatic heterocycles. The summed E-state index contributed by atoms with van der Waals surface area (Å²) in [6.45, 7) is 6.28. The summed E-state index contributed by atoms with van der Waals surface area (Å²) >= 11 is 0. The fourth-order valence-electron chi connectivity index (χ4n) is 5.12. The zero-order valence-corrected chi connectivity index (χ0v) is 19.9. The van der Waals surface area contributed by atoms with E-state index in [2.05, 4.69) is 27.7 Å². The van der Waals surface area contributed by atoms with Gasteiger partial charge in [-0.3, -0.25) is 14.5 Å². The largest absolute Gasteiger partial charge is 0.381 e. The Morgan fingerprint density at radius 3 is 2.86 bits per heavy atom. The maximum absolute atomic E-state index is 13.6. The molecule has 2 aliphatic heterocycles. The van der Waals surface area contributed by atoms with E-state index in [9.17, 15) is 9.59 Å². The number of benzene rings is 1. The molecule has 3 aromatic rings. The Morgan fingerprint density at radius 2 is 2.11 bits per heavy atom. The number of nitrogens with one attached hydrogen (secondary N) is 1. The van der Waals surface area contributed by atoms with E-state index in [-0.39, 0.29) is 11.9 Å². The zero-order valence-electron chi connectivity index (χ0n) is 19.9. The summed E-state index contributed by atoms with van der Waals surface area (Å²) in [4.78, 5) is 41.6. The number of terminal acetylenes is 1. The molecule has 35 heavy (non-hydrogen) atoms. The van der Waals surface area contributed by atoms with Gasteiger partial charge in [0.25, 0.3) is 5.91 Å². The number of H-pyrrole nitrogens is 1. The SMILES string of the molecule is C#Cc1cc(C=O)cc(CN2CCN(C(=O)c3ccnc4nc(C5CCOCC5)[nH]c34)[C@@H](C)C2)c1. The molecular formula is C27H29N5O3. The molecule has 8 nitrogen and oxygen atoms in total. The summed E-state index contributed by atoms with van der Waals surface area (Å²) < 4.78 is 5.47. The number of nitrogens with zero attached hydrogens (tertiary/aromatic N) is 4. The number of carbonyl (C=O) groups excluding carboxylic acids is 2. The molecule has 1 aromatic carbocycles. The van der Waals surface area contributed by atoms with Gasteiger partial charge in [-0.25, -0.2) is 9.97 Å². The van der Waals surface area contributed by atoms with Crippen LogP contribution in [0.1, 0.15) is 63.4 Å². The van der Waals surface area contributed by atoms with Crippen LogP contribution >= 0.6 is 0 Å². The van der Waals surface area contributed by atoms with Crippen molar-refractivity contribution in [3.63, 3.8) is 0 Å². The molecule has 2 aliphatic rings. The molecule has 2 saturated heterocycles. The number of hydrogen-bond donors (Lipinski definition) is 1. The summed E-state index contributed by atoms with van der Waals surface area (Å²) in [7, 11) is 0. The van der Waals surface area contributed by atoms with Crippen molar-refractivity contribution in [2.45, 2.75) is 38.3 Å². The summed E-state index contributed by atoms with van der Waals surface area (Å²) in [6, 6.07) is 7.34. The maximum Gasteiger partial charge on any atom is 0.256 e. The first-order valence-electron chi connectivity index (χ1n) is 12.1. The van der Waals surface area contributed by atoms with E-state index in [1.807, 2.05) is 17.0 Å². The Bertz CT molecular complexity index is 1290. The number of piperazine rings is 1. The van der Waals surface area contributed by atoms with Crippen LogP contribution in [-0.4, -0.2) is 75.8 Å². The number of pyridine rings is 1. The average Bonchev–Trinajstić information content (AvgIpc) is 3.33. The van der Waals surface area contributed by atoms with Gasteiger partial charge in [-0.1, -0.05) is 5.92 Å². The van der Waals surface area contributed by atoms with E-state index < -0.39 is 0 Å². The predicted molar refractivity (Wildman–Crippen MR) is 132 cm³/mol. The van der Waals surface area contributed by atoms with Crippen molar-refractivity contribution >= 4 is 23.4 Å². The highest BCUT2D eigenvalue weighted by atomic mass is 16.5. The average molecular weight is 472 g/mol. The minimum absolute atomic E-state index is 0.00991. The van der Waals surface area contributed by atoms with Crippen LogP contribution in [0.3, 0.4) is 0 Å². The van der Waals surface area contributed by atoms with E-state index >= 15 is 0 Å². The van der Waals surface area contributed by atoms with Crippen molar-refractivity contribution in [3.05, 3.63) is 58.5 Å². The van der Waals surface area contributed by atoms with Crippen LogP contribution in [0.4, 0.5) is 0 Å². The second-order valence-corrected chi connectivity index (χ2v) is 9.37. The molecule has 0 saturated carbocycles. The molecule has 0 radical (unpaired) electrons. The Balaban J connectivity index is 1.30. The van der Waals surface area contributed by atoms with Crippen LogP contribution < -0.4 is 0 Å². The maximum atomic E-state index is 13.6. The van der Waals surface area contributed by atoms with E-state index in [1.54, 1.807) is 18.3 Å². The first-order chi connectivity index (χ1) is 17.1. The zero-order chi connectivity index (χ0) is 24.4. The summed E-state index contributed by atoms with van der Waals surface area (Å²) in [5.41, 5.74) is 4.19. The third-order valence-corrected chi connectivity index (χ3v) is 6.95. The third-order valence-electron chi connectivity index (χ3n) is 6.95. The number of imidazole rings is 1. The molecule has 4 heterocycles. The van der Waals surface area contributed by atoms with Gasteiger partial charge in [0.05, 0.1) is 11.1 Å². The second-order valence-electron chi connectivity index (χ2n) is 9.37. The molecule has 2 fully saturated rings. The van der Waals surface area contributed by atoms with Crippen LogP contribution in [0, 0.1) is 12.3 Å². The minimum atomic E-state index is -0.00991. The van der Waals surface area contributed by atoms with E-state index in [0.29, 0.717) is 46.9 Å². The Labute approximate surface area is 204 Å². The van der Waals surface area contributed by atoms with Crippen LogP contribution in [0.2, 0.25) is 0 Å². The van der Waals surface area contributed by atoms with E-state index in [1.165, 1.54) is 0 Å². The van der Waals surface area contributed by atoms with Gasteiger partial charge in [0, 0.05) is 68.7 Å². The van der Waals surface area contributed by atoms with Crippen molar-refractivity contribution in [3.8, 4) is 12.3 Å². The highest BCUT2D eigenvalue weighted by Crippen LogP contribution is 2.28. The normalized spacial score (nSPS) is 19.5. The van der Waals surface area contributed by atoms with Crippen molar-refractivity contribution in [2.24, 2.45) is 0 Å². The van der Waals surface area contributed by atoms with Gasteiger partial charge in [0.15, 0.2) is 5.65 Å².